The lowest BCUT2D eigenvalue weighted by Gasteiger charge is -2.29. The first kappa shape index (κ1) is 15.1. The number of thiazole rings is 1. The normalized spacial score (nSPS) is 15.2. The van der Waals surface area contributed by atoms with Crippen molar-refractivity contribution in [3.63, 3.8) is 0 Å². The molecule has 1 aliphatic heterocycles. The summed E-state index contributed by atoms with van der Waals surface area (Å²) >= 11 is 1.69. The Balaban J connectivity index is 2.03. The predicted molar refractivity (Wildman–Crippen MR) is 81.2 cm³/mol. The maximum atomic E-state index is 12.1. The van der Waals surface area contributed by atoms with Crippen LogP contribution in [0.3, 0.4) is 0 Å². The number of hydrogen-bond donors (Lipinski definition) is 1. The molecule has 0 spiro atoms. The first-order chi connectivity index (χ1) is 9.24. The summed E-state index contributed by atoms with van der Waals surface area (Å²) < 4.78 is 5.41. The SMILES string of the molecule is CC(C)Nc1nc2c(s1)CCN(C(=O)OC(C)(C)C)C2. The van der Waals surface area contributed by atoms with Gasteiger partial charge >= 0.3 is 6.09 Å². The molecule has 5 nitrogen and oxygen atoms in total. The Bertz CT molecular complexity index is 491. The van der Waals surface area contributed by atoms with Gasteiger partial charge in [-0.3, -0.25) is 0 Å². The van der Waals surface area contributed by atoms with E-state index in [1.165, 1.54) is 4.88 Å². The zero-order valence-electron chi connectivity index (χ0n) is 12.8. The lowest BCUT2D eigenvalue weighted by Crippen LogP contribution is -2.39. The number of rotatable bonds is 2. The highest BCUT2D eigenvalue weighted by molar-refractivity contribution is 7.15. The number of fused-ring (bicyclic) bond motifs is 1. The Labute approximate surface area is 124 Å². The van der Waals surface area contributed by atoms with Crippen LogP contribution in [0, 0.1) is 0 Å². The molecule has 2 heterocycles. The summed E-state index contributed by atoms with van der Waals surface area (Å²) in [7, 11) is 0. The fourth-order valence-corrected chi connectivity index (χ4v) is 3.09. The zero-order chi connectivity index (χ0) is 14.9. The molecular weight excluding hydrogens is 274 g/mol. The molecular formula is C14H23N3O2S. The average molecular weight is 297 g/mol. The number of carbonyl (C=O) groups is 1. The largest absolute Gasteiger partial charge is 0.444 e. The van der Waals surface area contributed by atoms with E-state index >= 15 is 0 Å². The fourth-order valence-electron chi connectivity index (χ4n) is 1.99. The van der Waals surface area contributed by atoms with Gasteiger partial charge in [0.15, 0.2) is 5.13 Å². The van der Waals surface area contributed by atoms with Crippen molar-refractivity contribution in [2.75, 3.05) is 11.9 Å². The van der Waals surface area contributed by atoms with Crippen molar-refractivity contribution in [2.45, 2.75) is 59.2 Å². The standard InChI is InChI=1S/C14H23N3O2S/c1-9(2)15-12-16-10-8-17(7-6-11(10)20-12)13(18)19-14(3,4)5/h9H,6-8H2,1-5H3,(H,15,16). The van der Waals surface area contributed by atoms with Gasteiger partial charge in [0.25, 0.3) is 0 Å². The summed E-state index contributed by atoms with van der Waals surface area (Å²) in [4.78, 5) is 19.6. The molecule has 1 N–H and O–H groups in total. The molecule has 1 amide bonds. The first-order valence-corrected chi connectivity index (χ1v) is 7.79. The number of ether oxygens (including phenoxy) is 1. The summed E-state index contributed by atoms with van der Waals surface area (Å²) in [5, 5.41) is 4.26. The number of aromatic nitrogens is 1. The molecule has 1 aromatic heterocycles. The van der Waals surface area contributed by atoms with Crippen LogP contribution in [0.15, 0.2) is 0 Å². The zero-order valence-corrected chi connectivity index (χ0v) is 13.6. The molecule has 0 saturated carbocycles. The van der Waals surface area contributed by atoms with Gasteiger partial charge in [0.05, 0.1) is 12.2 Å². The molecule has 0 bridgehead atoms. The van der Waals surface area contributed by atoms with Crippen molar-refractivity contribution in [3.05, 3.63) is 10.6 Å². The highest BCUT2D eigenvalue weighted by atomic mass is 32.1. The lowest BCUT2D eigenvalue weighted by molar-refractivity contribution is 0.0222. The second-order valence-electron chi connectivity index (χ2n) is 6.34. The summed E-state index contributed by atoms with van der Waals surface area (Å²) in [5.74, 6) is 0. The quantitative estimate of drug-likeness (QED) is 0.910. The second kappa shape index (κ2) is 5.60. The molecule has 1 aliphatic rings. The van der Waals surface area contributed by atoms with E-state index in [0.717, 1.165) is 17.2 Å². The molecule has 0 radical (unpaired) electrons. The Kier molecular flexibility index (Phi) is 4.22. The smallest absolute Gasteiger partial charge is 0.410 e. The number of carbonyl (C=O) groups excluding carboxylic acids is 1. The molecule has 6 heteroatoms. The van der Waals surface area contributed by atoms with Gasteiger partial charge in [-0.1, -0.05) is 0 Å². The third-order valence-electron chi connectivity index (χ3n) is 2.79. The van der Waals surface area contributed by atoms with E-state index in [-0.39, 0.29) is 6.09 Å². The van der Waals surface area contributed by atoms with Crippen LogP contribution in [0.4, 0.5) is 9.93 Å². The van der Waals surface area contributed by atoms with E-state index in [1.54, 1.807) is 16.2 Å². The molecule has 0 aromatic carbocycles. The maximum Gasteiger partial charge on any atom is 0.410 e. The summed E-state index contributed by atoms with van der Waals surface area (Å²) in [5.41, 5.74) is 0.541. The van der Waals surface area contributed by atoms with Crippen molar-refractivity contribution < 1.29 is 9.53 Å². The van der Waals surface area contributed by atoms with Gasteiger partial charge in [-0.2, -0.15) is 0 Å². The van der Waals surface area contributed by atoms with Crippen LogP contribution in [0.2, 0.25) is 0 Å². The molecule has 1 aromatic rings. The van der Waals surface area contributed by atoms with E-state index < -0.39 is 5.60 Å². The van der Waals surface area contributed by atoms with Gasteiger partial charge in [0.2, 0.25) is 0 Å². The minimum Gasteiger partial charge on any atom is -0.444 e. The van der Waals surface area contributed by atoms with Crippen molar-refractivity contribution in [1.82, 2.24) is 9.88 Å². The van der Waals surface area contributed by atoms with Gasteiger partial charge in [0, 0.05) is 23.9 Å². The molecule has 0 atom stereocenters. The van der Waals surface area contributed by atoms with E-state index in [9.17, 15) is 4.79 Å². The molecule has 0 aliphatic carbocycles. The van der Waals surface area contributed by atoms with Crippen LogP contribution in [-0.4, -0.2) is 34.2 Å². The van der Waals surface area contributed by atoms with Crippen LogP contribution < -0.4 is 5.32 Å². The summed E-state index contributed by atoms with van der Waals surface area (Å²) in [6.45, 7) is 11.1. The van der Waals surface area contributed by atoms with Crippen LogP contribution >= 0.6 is 11.3 Å². The van der Waals surface area contributed by atoms with Crippen molar-refractivity contribution in [1.29, 1.82) is 0 Å². The van der Waals surface area contributed by atoms with Crippen LogP contribution in [0.1, 0.15) is 45.2 Å². The van der Waals surface area contributed by atoms with E-state index in [0.29, 0.717) is 19.1 Å². The Hall–Kier alpha value is -1.30. The summed E-state index contributed by atoms with van der Waals surface area (Å²) in [6.07, 6.45) is 0.598. The monoisotopic (exact) mass is 297 g/mol. The van der Waals surface area contributed by atoms with Gasteiger partial charge in [-0.05, 0) is 34.6 Å². The highest BCUT2D eigenvalue weighted by Gasteiger charge is 2.27. The Morgan fingerprint density at radius 1 is 1.45 bits per heavy atom. The average Bonchev–Trinajstić information content (AvgIpc) is 2.66. The van der Waals surface area contributed by atoms with Crippen molar-refractivity contribution >= 4 is 22.6 Å². The third-order valence-corrected chi connectivity index (χ3v) is 3.88. The van der Waals surface area contributed by atoms with Gasteiger partial charge in [-0.25, -0.2) is 9.78 Å². The molecule has 0 fully saturated rings. The molecule has 2 rings (SSSR count). The molecule has 20 heavy (non-hydrogen) atoms. The van der Waals surface area contributed by atoms with Crippen molar-refractivity contribution in [3.8, 4) is 0 Å². The maximum absolute atomic E-state index is 12.1. The van der Waals surface area contributed by atoms with E-state index in [2.05, 4.69) is 24.1 Å². The molecule has 0 unspecified atom stereocenters. The number of anilines is 1. The van der Waals surface area contributed by atoms with E-state index in [1.807, 2.05) is 20.8 Å². The number of amides is 1. The number of hydrogen-bond acceptors (Lipinski definition) is 5. The third kappa shape index (κ3) is 3.85. The van der Waals surface area contributed by atoms with Gasteiger partial charge in [-0.15, -0.1) is 11.3 Å². The van der Waals surface area contributed by atoms with Gasteiger partial charge < -0.3 is 15.0 Å². The lowest BCUT2D eigenvalue weighted by atomic mass is 10.2. The van der Waals surface area contributed by atoms with E-state index in [4.69, 9.17) is 4.74 Å². The topological polar surface area (TPSA) is 54.5 Å². The Morgan fingerprint density at radius 2 is 2.15 bits per heavy atom. The highest BCUT2D eigenvalue weighted by Crippen LogP contribution is 2.29. The fraction of sp³-hybridized carbons (Fsp3) is 0.714. The van der Waals surface area contributed by atoms with Crippen LogP contribution in [-0.2, 0) is 17.7 Å². The minimum absolute atomic E-state index is 0.255. The number of nitrogens with one attached hydrogen (secondary N) is 1. The first-order valence-electron chi connectivity index (χ1n) is 6.97. The van der Waals surface area contributed by atoms with Crippen molar-refractivity contribution in [2.24, 2.45) is 0 Å². The second-order valence-corrected chi connectivity index (χ2v) is 7.42. The van der Waals surface area contributed by atoms with Crippen LogP contribution in [0.25, 0.3) is 0 Å². The van der Waals surface area contributed by atoms with Crippen LogP contribution in [0.5, 0.6) is 0 Å². The summed E-state index contributed by atoms with van der Waals surface area (Å²) in [6, 6.07) is 0.365. The minimum atomic E-state index is -0.455. The predicted octanol–water partition coefficient (Wildman–Crippen LogP) is 3.26. The number of nitrogens with zero attached hydrogens (tertiary/aromatic N) is 2. The Morgan fingerprint density at radius 3 is 2.75 bits per heavy atom. The van der Waals surface area contributed by atoms with Gasteiger partial charge in [0.1, 0.15) is 5.60 Å². The molecule has 112 valence electrons. The molecule has 0 saturated heterocycles.